The lowest BCUT2D eigenvalue weighted by molar-refractivity contribution is 0.586. The Bertz CT molecular complexity index is 733. The van der Waals surface area contributed by atoms with Gasteiger partial charge in [-0.3, -0.25) is 4.68 Å². The number of sulfone groups is 1. The number of aromatic nitrogens is 2. The zero-order valence-corrected chi connectivity index (χ0v) is 12.7. The lowest BCUT2D eigenvalue weighted by atomic mass is 10.0. The van der Waals surface area contributed by atoms with E-state index in [9.17, 15) is 8.42 Å². The first kappa shape index (κ1) is 14.6. The van der Waals surface area contributed by atoms with Gasteiger partial charge in [0.1, 0.15) is 15.5 Å². The van der Waals surface area contributed by atoms with Gasteiger partial charge < -0.3 is 5.73 Å². The van der Waals surface area contributed by atoms with Crippen molar-refractivity contribution in [3.8, 4) is 11.3 Å². The van der Waals surface area contributed by atoms with Gasteiger partial charge in [0.2, 0.25) is 0 Å². The number of nitrogen functional groups attached to an aromatic ring is 1. The summed E-state index contributed by atoms with van der Waals surface area (Å²) in [4.78, 5) is 0. The number of hydrogen-bond donors (Lipinski definition) is 1. The van der Waals surface area contributed by atoms with Crippen molar-refractivity contribution >= 4 is 15.5 Å². The second-order valence-electron chi connectivity index (χ2n) is 5.14. The van der Waals surface area contributed by atoms with Crippen LogP contribution in [0, 0.1) is 13.8 Å². The summed E-state index contributed by atoms with van der Waals surface area (Å²) in [6.07, 6.45) is 2.90. The lowest BCUT2D eigenvalue weighted by Crippen LogP contribution is -2.11. The smallest absolute Gasteiger partial charge is 0.149 e. The van der Waals surface area contributed by atoms with Gasteiger partial charge in [-0.15, -0.1) is 0 Å². The van der Waals surface area contributed by atoms with Crippen LogP contribution >= 0.6 is 0 Å². The van der Waals surface area contributed by atoms with Gasteiger partial charge in [-0.05, 0) is 25.5 Å². The molecular formula is C14H19N3O2S. The average Bonchev–Trinajstić information content (AvgIpc) is 2.70. The maximum atomic E-state index is 11.2. The van der Waals surface area contributed by atoms with Crippen LogP contribution in [0.5, 0.6) is 0 Å². The molecular weight excluding hydrogens is 274 g/mol. The summed E-state index contributed by atoms with van der Waals surface area (Å²) in [5.74, 6) is 0.0559. The van der Waals surface area contributed by atoms with Crippen molar-refractivity contribution in [3.63, 3.8) is 0 Å². The van der Waals surface area contributed by atoms with Crippen LogP contribution in [0.2, 0.25) is 0 Å². The fraction of sp³-hybridized carbons (Fsp3) is 0.357. The first-order valence-corrected chi connectivity index (χ1v) is 8.40. The molecule has 0 aliphatic carbocycles. The molecule has 1 heterocycles. The summed E-state index contributed by atoms with van der Waals surface area (Å²) in [6.45, 7) is 4.33. The molecule has 2 N–H and O–H groups in total. The summed E-state index contributed by atoms with van der Waals surface area (Å²) in [5.41, 5.74) is 10.5. The predicted octanol–water partition coefficient (Wildman–Crippen LogP) is 1.79. The van der Waals surface area contributed by atoms with E-state index < -0.39 is 9.84 Å². The monoisotopic (exact) mass is 293 g/mol. The second kappa shape index (κ2) is 5.28. The molecule has 1 aromatic heterocycles. The van der Waals surface area contributed by atoms with Crippen LogP contribution in [0.4, 0.5) is 5.69 Å². The Morgan fingerprint density at radius 1 is 1.30 bits per heavy atom. The molecule has 0 aliphatic heterocycles. The molecule has 0 radical (unpaired) electrons. The normalized spacial score (nSPS) is 11.8. The van der Waals surface area contributed by atoms with Crippen LogP contribution in [-0.2, 0) is 16.4 Å². The first-order valence-electron chi connectivity index (χ1n) is 6.34. The number of benzene rings is 1. The predicted molar refractivity (Wildman–Crippen MR) is 81.3 cm³/mol. The standard InChI is InChI=1S/C14H19N3O2S/c1-10-4-5-11(2)12(8-10)14-13(15)9-17(16-14)6-7-20(3,18)19/h4-5,8-9H,6-7,15H2,1-3H3. The molecule has 5 nitrogen and oxygen atoms in total. The topological polar surface area (TPSA) is 78.0 Å². The van der Waals surface area contributed by atoms with E-state index in [1.54, 1.807) is 10.9 Å². The quantitative estimate of drug-likeness (QED) is 0.932. The SMILES string of the molecule is Cc1ccc(C)c(-c2nn(CCS(C)(=O)=O)cc2N)c1. The van der Waals surface area contributed by atoms with Crippen LogP contribution < -0.4 is 5.73 Å². The highest BCUT2D eigenvalue weighted by Gasteiger charge is 2.12. The van der Waals surface area contributed by atoms with E-state index >= 15 is 0 Å². The van der Waals surface area contributed by atoms with Crippen LogP contribution in [0.25, 0.3) is 11.3 Å². The number of aryl methyl sites for hydroxylation is 3. The minimum atomic E-state index is -3.01. The zero-order chi connectivity index (χ0) is 14.9. The minimum Gasteiger partial charge on any atom is -0.396 e. The molecule has 0 unspecified atom stereocenters. The van der Waals surface area contributed by atoms with Crippen LogP contribution in [0.1, 0.15) is 11.1 Å². The third kappa shape index (κ3) is 3.39. The first-order chi connectivity index (χ1) is 9.26. The van der Waals surface area contributed by atoms with E-state index in [2.05, 4.69) is 5.10 Å². The van der Waals surface area contributed by atoms with Crippen LogP contribution in [0.15, 0.2) is 24.4 Å². The van der Waals surface area contributed by atoms with Crippen molar-refractivity contribution in [3.05, 3.63) is 35.5 Å². The fourth-order valence-electron chi connectivity index (χ4n) is 2.01. The highest BCUT2D eigenvalue weighted by Crippen LogP contribution is 2.27. The summed E-state index contributed by atoms with van der Waals surface area (Å²) in [7, 11) is -3.01. The van der Waals surface area contributed by atoms with Gasteiger partial charge >= 0.3 is 0 Å². The molecule has 0 saturated heterocycles. The maximum Gasteiger partial charge on any atom is 0.149 e. The number of anilines is 1. The molecule has 0 atom stereocenters. The molecule has 0 saturated carbocycles. The fourth-order valence-corrected chi connectivity index (χ4v) is 2.53. The van der Waals surface area contributed by atoms with Crippen molar-refractivity contribution in [2.75, 3.05) is 17.7 Å². The van der Waals surface area contributed by atoms with Gasteiger partial charge in [0.25, 0.3) is 0 Å². The summed E-state index contributed by atoms with van der Waals surface area (Å²) < 4.78 is 24.0. The van der Waals surface area contributed by atoms with Gasteiger partial charge in [0, 0.05) is 18.0 Å². The Kier molecular flexibility index (Phi) is 3.85. The highest BCUT2D eigenvalue weighted by atomic mass is 32.2. The Balaban J connectivity index is 2.34. The summed E-state index contributed by atoms with van der Waals surface area (Å²) in [5, 5.41) is 4.41. The van der Waals surface area contributed by atoms with Crippen molar-refractivity contribution < 1.29 is 8.42 Å². The minimum absolute atomic E-state index is 0.0559. The molecule has 0 fully saturated rings. The third-order valence-electron chi connectivity index (χ3n) is 3.13. The third-order valence-corrected chi connectivity index (χ3v) is 4.05. The van der Waals surface area contributed by atoms with E-state index in [1.165, 1.54) is 6.26 Å². The molecule has 2 rings (SSSR count). The maximum absolute atomic E-state index is 11.2. The summed E-state index contributed by atoms with van der Waals surface area (Å²) >= 11 is 0. The number of hydrogen-bond acceptors (Lipinski definition) is 4. The van der Waals surface area contributed by atoms with Crippen LogP contribution in [0.3, 0.4) is 0 Å². The molecule has 2 aromatic rings. The molecule has 20 heavy (non-hydrogen) atoms. The van der Waals surface area contributed by atoms with E-state index in [0.29, 0.717) is 17.9 Å². The van der Waals surface area contributed by atoms with E-state index in [1.807, 2.05) is 32.0 Å². The van der Waals surface area contributed by atoms with Crippen molar-refractivity contribution in [2.45, 2.75) is 20.4 Å². The average molecular weight is 293 g/mol. The number of rotatable bonds is 4. The number of nitrogens with zero attached hydrogens (tertiary/aromatic N) is 2. The lowest BCUT2D eigenvalue weighted by Gasteiger charge is -2.05. The summed E-state index contributed by atoms with van der Waals surface area (Å²) in [6, 6.07) is 6.10. The van der Waals surface area contributed by atoms with Gasteiger partial charge in [0.05, 0.1) is 18.0 Å². The molecule has 0 spiro atoms. The van der Waals surface area contributed by atoms with Gasteiger partial charge in [-0.2, -0.15) is 5.10 Å². The zero-order valence-electron chi connectivity index (χ0n) is 11.9. The molecule has 0 aliphatic rings. The Morgan fingerprint density at radius 3 is 2.65 bits per heavy atom. The molecule has 1 aromatic carbocycles. The van der Waals surface area contributed by atoms with E-state index in [4.69, 9.17) is 5.73 Å². The van der Waals surface area contributed by atoms with Crippen LogP contribution in [-0.4, -0.2) is 30.2 Å². The Hall–Kier alpha value is -1.82. The Labute approximate surface area is 119 Å². The van der Waals surface area contributed by atoms with E-state index in [0.717, 1.165) is 16.7 Å². The van der Waals surface area contributed by atoms with Crippen molar-refractivity contribution in [1.82, 2.24) is 9.78 Å². The van der Waals surface area contributed by atoms with Crippen molar-refractivity contribution in [2.24, 2.45) is 0 Å². The van der Waals surface area contributed by atoms with Gasteiger partial charge in [0.15, 0.2) is 0 Å². The van der Waals surface area contributed by atoms with Crippen molar-refractivity contribution in [1.29, 1.82) is 0 Å². The molecule has 0 bridgehead atoms. The molecule has 108 valence electrons. The molecule has 6 heteroatoms. The van der Waals surface area contributed by atoms with E-state index in [-0.39, 0.29) is 5.75 Å². The number of nitrogens with two attached hydrogens (primary N) is 1. The largest absolute Gasteiger partial charge is 0.396 e. The Morgan fingerprint density at radius 2 is 2.00 bits per heavy atom. The second-order valence-corrected chi connectivity index (χ2v) is 7.40. The van der Waals surface area contributed by atoms with Gasteiger partial charge in [-0.25, -0.2) is 8.42 Å². The molecule has 0 amide bonds. The van der Waals surface area contributed by atoms with Gasteiger partial charge in [-0.1, -0.05) is 17.7 Å². The highest BCUT2D eigenvalue weighted by molar-refractivity contribution is 7.90.